The molecule has 0 heterocycles. The van der Waals surface area contributed by atoms with Crippen molar-refractivity contribution in [3.05, 3.63) is 0 Å². The first-order valence-corrected chi connectivity index (χ1v) is 6.10. The highest BCUT2D eigenvalue weighted by Crippen LogP contribution is 2.45. The van der Waals surface area contributed by atoms with Crippen molar-refractivity contribution >= 4 is 5.97 Å². The normalized spacial score (nSPS) is 31.4. The zero-order valence-corrected chi connectivity index (χ0v) is 10.5. The molecule has 0 aliphatic heterocycles. The van der Waals surface area contributed by atoms with E-state index in [9.17, 15) is 23.1 Å². The van der Waals surface area contributed by atoms with E-state index in [4.69, 9.17) is 5.11 Å². The number of carboxylic acid groups (broad SMARTS) is 1. The second kappa shape index (κ2) is 5.07. The first kappa shape index (κ1) is 15.3. The molecule has 1 unspecified atom stereocenters. The standard InChI is InChI=1S/C12H19F3O3/c1-7(2)9(10(16)17)11(18)5-3-8(4-6-11)12(13,14)15/h7-9,18H,3-6H2,1-2H3,(H,16,17). The highest BCUT2D eigenvalue weighted by molar-refractivity contribution is 5.71. The van der Waals surface area contributed by atoms with E-state index in [0.29, 0.717) is 0 Å². The van der Waals surface area contributed by atoms with Crippen molar-refractivity contribution in [2.75, 3.05) is 0 Å². The average molecular weight is 268 g/mol. The number of aliphatic hydroxyl groups is 1. The summed E-state index contributed by atoms with van der Waals surface area (Å²) in [6, 6.07) is 0. The Morgan fingerprint density at radius 1 is 1.28 bits per heavy atom. The van der Waals surface area contributed by atoms with Crippen molar-refractivity contribution < 1.29 is 28.2 Å². The van der Waals surface area contributed by atoms with E-state index in [1.165, 1.54) is 0 Å². The molecule has 1 aliphatic carbocycles. The molecule has 0 amide bonds. The highest BCUT2D eigenvalue weighted by atomic mass is 19.4. The van der Waals surface area contributed by atoms with Crippen molar-refractivity contribution in [2.45, 2.75) is 51.3 Å². The van der Waals surface area contributed by atoms with Gasteiger partial charge in [-0.2, -0.15) is 13.2 Å². The van der Waals surface area contributed by atoms with Crippen LogP contribution in [-0.4, -0.2) is 28.0 Å². The molecule has 0 saturated heterocycles. The van der Waals surface area contributed by atoms with Gasteiger partial charge in [0.25, 0.3) is 0 Å². The molecule has 1 saturated carbocycles. The molecule has 18 heavy (non-hydrogen) atoms. The van der Waals surface area contributed by atoms with E-state index in [1.807, 2.05) is 0 Å². The molecule has 6 heteroatoms. The molecular weight excluding hydrogens is 249 g/mol. The first-order valence-electron chi connectivity index (χ1n) is 6.10. The smallest absolute Gasteiger partial charge is 0.391 e. The monoisotopic (exact) mass is 268 g/mol. The molecule has 1 aliphatic rings. The second-order valence-electron chi connectivity index (χ2n) is 5.48. The quantitative estimate of drug-likeness (QED) is 0.827. The second-order valence-corrected chi connectivity index (χ2v) is 5.48. The lowest BCUT2D eigenvalue weighted by Gasteiger charge is -2.41. The molecule has 1 atom stereocenters. The van der Waals surface area contributed by atoms with Crippen LogP contribution in [0.25, 0.3) is 0 Å². The molecule has 0 aromatic carbocycles. The topological polar surface area (TPSA) is 57.5 Å². The van der Waals surface area contributed by atoms with Crippen molar-refractivity contribution in [3.8, 4) is 0 Å². The Morgan fingerprint density at radius 2 is 1.72 bits per heavy atom. The molecule has 0 aromatic rings. The minimum atomic E-state index is -4.25. The highest BCUT2D eigenvalue weighted by Gasteiger charge is 2.50. The summed E-state index contributed by atoms with van der Waals surface area (Å²) >= 11 is 0. The summed E-state index contributed by atoms with van der Waals surface area (Å²) in [4.78, 5) is 11.1. The maximum absolute atomic E-state index is 12.5. The van der Waals surface area contributed by atoms with Gasteiger partial charge in [-0.05, 0) is 31.6 Å². The molecule has 0 radical (unpaired) electrons. The molecule has 0 aromatic heterocycles. The number of hydrogen-bond donors (Lipinski definition) is 2. The van der Waals surface area contributed by atoms with Crippen LogP contribution in [-0.2, 0) is 4.79 Å². The van der Waals surface area contributed by atoms with Crippen LogP contribution in [0, 0.1) is 17.8 Å². The van der Waals surface area contributed by atoms with Crippen LogP contribution >= 0.6 is 0 Å². The molecular formula is C12H19F3O3. The van der Waals surface area contributed by atoms with E-state index in [0.717, 1.165) is 0 Å². The van der Waals surface area contributed by atoms with Crippen molar-refractivity contribution in [1.29, 1.82) is 0 Å². The van der Waals surface area contributed by atoms with Gasteiger partial charge in [-0.15, -0.1) is 0 Å². The van der Waals surface area contributed by atoms with Gasteiger partial charge in [0.05, 0.1) is 17.4 Å². The molecule has 1 fully saturated rings. The number of carboxylic acids is 1. The number of halogens is 3. The van der Waals surface area contributed by atoms with Crippen LogP contribution in [0.1, 0.15) is 39.5 Å². The Balaban J connectivity index is 2.77. The summed E-state index contributed by atoms with van der Waals surface area (Å²) in [7, 11) is 0. The zero-order valence-electron chi connectivity index (χ0n) is 10.5. The number of rotatable bonds is 3. The van der Waals surface area contributed by atoms with Crippen molar-refractivity contribution in [2.24, 2.45) is 17.8 Å². The van der Waals surface area contributed by atoms with Crippen LogP contribution in [0.2, 0.25) is 0 Å². The third-order valence-corrected chi connectivity index (χ3v) is 3.83. The number of aliphatic carboxylic acids is 1. The molecule has 0 spiro atoms. The van der Waals surface area contributed by atoms with Gasteiger partial charge in [0.2, 0.25) is 0 Å². The third kappa shape index (κ3) is 3.16. The summed E-state index contributed by atoms with van der Waals surface area (Å²) in [6.07, 6.45) is -4.86. The van der Waals surface area contributed by atoms with Crippen molar-refractivity contribution in [3.63, 3.8) is 0 Å². The van der Waals surface area contributed by atoms with Gasteiger partial charge in [-0.1, -0.05) is 13.8 Å². The van der Waals surface area contributed by atoms with Crippen LogP contribution in [0.5, 0.6) is 0 Å². The Morgan fingerprint density at radius 3 is 2.00 bits per heavy atom. The largest absolute Gasteiger partial charge is 0.481 e. The Bertz CT molecular complexity index is 304. The summed E-state index contributed by atoms with van der Waals surface area (Å²) in [5, 5.41) is 19.4. The lowest BCUT2D eigenvalue weighted by atomic mass is 9.68. The third-order valence-electron chi connectivity index (χ3n) is 3.83. The van der Waals surface area contributed by atoms with Gasteiger partial charge in [0.1, 0.15) is 0 Å². The molecule has 2 N–H and O–H groups in total. The van der Waals surface area contributed by atoms with Gasteiger partial charge in [0, 0.05) is 0 Å². The van der Waals surface area contributed by atoms with Gasteiger partial charge >= 0.3 is 12.1 Å². The SMILES string of the molecule is CC(C)C(C(=O)O)C1(O)CCC(C(F)(F)F)CC1. The van der Waals surface area contributed by atoms with E-state index >= 15 is 0 Å². The number of carbonyl (C=O) groups is 1. The summed E-state index contributed by atoms with van der Waals surface area (Å²) < 4.78 is 37.5. The van der Waals surface area contributed by atoms with Crippen LogP contribution < -0.4 is 0 Å². The molecule has 106 valence electrons. The van der Waals surface area contributed by atoms with Gasteiger partial charge in [-0.3, -0.25) is 4.79 Å². The fourth-order valence-corrected chi connectivity index (χ4v) is 2.89. The number of alkyl halides is 3. The van der Waals surface area contributed by atoms with Gasteiger partial charge in [-0.25, -0.2) is 0 Å². The lowest BCUT2D eigenvalue weighted by molar-refractivity contribution is -0.199. The number of hydrogen-bond acceptors (Lipinski definition) is 2. The molecule has 0 bridgehead atoms. The minimum absolute atomic E-state index is 0.105. The lowest BCUT2D eigenvalue weighted by Crippen LogP contribution is -2.49. The fraction of sp³-hybridized carbons (Fsp3) is 0.917. The Kier molecular flexibility index (Phi) is 4.30. The predicted octanol–water partition coefficient (Wildman–Crippen LogP) is 2.83. The van der Waals surface area contributed by atoms with Crippen molar-refractivity contribution in [1.82, 2.24) is 0 Å². The predicted molar refractivity (Wildman–Crippen MR) is 58.9 cm³/mol. The van der Waals surface area contributed by atoms with E-state index in [2.05, 4.69) is 0 Å². The Labute approximate surface area is 104 Å². The zero-order chi connectivity index (χ0) is 14.1. The van der Waals surface area contributed by atoms with Crippen LogP contribution in [0.4, 0.5) is 13.2 Å². The average Bonchev–Trinajstić information content (AvgIpc) is 2.14. The van der Waals surface area contributed by atoms with Crippen LogP contribution in [0.15, 0.2) is 0 Å². The van der Waals surface area contributed by atoms with E-state index < -0.39 is 29.6 Å². The minimum Gasteiger partial charge on any atom is -0.481 e. The summed E-state index contributed by atoms with van der Waals surface area (Å²) in [6.45, 7) is 3.32. The van der Waals surface area contributed by atoms with E-state index in [-0.39, 0.29) is 31.6 Å². The maximum Gasteiger partial charge on any atom is 0.391 e. The van der Waals surface area contributed by atoms with Gasteiger partial charge < -0.3 is 10.2 Å². The van der Waals surface area contributed by atoms with E-state index in [1.54, 1.807) is 13.8 Å². The molecule has 1 rings (SSSR count). The van der Waals surface area contributed by atoms with Gasteiger partial charge in [0.15, 0.2) is 0 Å². The van der Waals surface area contributed by atoms with Crippen LogP contribution in [0.3, 0.4) is 0 Å². The maximum atomic E-state index is 12.5. The summed E-state index contributed by atoms with van der Waals surface area (Å²) in [5.74, 6) is -3.88. The first-order chi connectivity index (χ1) is 8.08. The molecule has 3 nitrogen and oxygen atoms in total. The fourth-order valence-electron chi connectivity index (χ4n) is 2.89. The Hall–Kier alpha value is -0.780. The summed E-state index contributed by atoms with van der Waals surface area (Å²) in [5.41, 5.74) is -1.51.